The van der Waals surface area contributed by atoms with Gasteiger partial charge in [-0.3, -0.25) is 4.79 Å². The van der Waals surface area contributed by atoms with Crippen molar-refractivity contribution in [1.82, 2.24) is 4.90 Å². The summed E-state index contributed by atoms with van der Waals surface area (Å²) in [5.41, 5.74) is 1.81. The first-order valence-electron chi connectivity index (χ1n) is 10.3. The summed E-state index contributed by atoms with van der Waals surface area (Å²) in [4.78, 5) is 21.7. The fourth-order valence-corrected chi connectivity index (χ4v) is 5.26. The zero-order chi connectivity index (χ0) is 22.9. The van der Waals surface area contributed by atoms with Gasteiger partial charge in [0.25, 0.3) is 5.91 Å². The Labute approximate surface area is 210 Å². The van der Waals surface area contributed by atoms with E-state index in [1.807, 2.05) is 24.3 Å². The molecule has 5 rings (SSSR count). The normalized spacial score (nSPS) is 17.7. The van der Waals surface area contributed by atoms with Crippen molar-refractivity contribution in [2.45, 2.75) is 0 Å². The van der Waals surface area contributed by atoms with Gasteiger partial charge in [0.2, 0.25) is 0 Å². The van der Waals surface area contributed by atoms with E-state index < -0.39 is 0 Å². The maximum Gasteiger partial charge on any atom is 0.286 e. The van der Waals surface area contributed by atoms with Crippen molar-refractivity contribution >= 4 is 69.4 Å². The summed E-state index contributed by atoms with van der Waals surface area (Å²) in [6, 6.07) is 16.7. The first kappa shape index (κ1) is 22.4. The number of hydrogen-bond donors (Lipinski definition) is 0. The van der Waals surface area contributed by atoms with E-state index >= 15 is 0 Å². The van der Waals surface area contributed by atoms with Crippen LogP contribution < -0.4 is 4.90 Å². The van der Waals surface area contributed by atoms with E-state index in [1.54, 1.807) is 30.3 Å². The average molecular weight is 519 g/mol. The molecule has 0 aliphatic carbocycles. The molecule has 3 heterocycles. The first-order valence-corrected chi connectivity index (χ1v) is 12.2. The molecule has 9 heteroatoms. The number of nitrogens with zero attached hydrogens (tertiary/aromatic N) is 3. The van der Waals surface area contributed by atoms with Crippen LogP contribution in [-0.2, 0) is 4.79 Å². The van der Waals surface area contributed by atoms with Crippen LogP contribution in [0.15, 0.2) is 68.9 Å². The number of hydrogen-bond acceptors (Lipinski definition) is 5. The number of thioether (sulfide) groups is 1. The van der Waals surface area contributed by atoms with Gasteiger partial charge in [0.15, 0.2) is 5.17 Å². The number of rotatable bonds is 3. The quantitative estimate of drug-likeness (QED) is 0.361. The molecule has 0 spiro atoms. The van der Waals surface area contributed by atoms with Crippen LogP contribution in [0.4, 0.5) is 5.69 Å². The first-order chi connectivity index (χ1) is 16.0. The van der Waals surface area contributed by atoms with Crippen LogP contribution >= 0.6 is 46.6 Å². The molecular formula is C24H18Cl3N3O2S. The molecule has 0 bridgehead atoms. The number of carbonyl (C=O) groups is 1. The molecule has 168 valence electrons. The molecule has 0 radical (unpaired) electrons. The number of benzene rings is 2. The molecule has 1 amide bonds. The minimum absolute atomic E-state index is 0.258. The van der Waals surface area contributed by atoms with Gasteiger partial charge in [-0.2, -0.15) is 4.99 Å². The number of halogens is 3. The Morgan fingerprint density at radius 1 is 0.909 bits per heavy atom. The lowest BCUT2D eigenvalue weighted by Crippen LogP contribution is -2.47. The average Bonchev–Trinajstić information content (AvgIpc) is 3.42. The molecule has 0 atom stereocenters. The molecule has 1 fully saturated rings. The van der Waals surface area contributed by atoms with Crippen LogP contribution in [0.1, 0.15) is 5.76 Å². The molecule has 3 aromatic rings. The highest BCUT2D eigenvalue weighted by Crippen LogP contribution is 2.35. The van der Waals surface area contributed by atoms with E-state index in [1.165, 1.54) is 11.8 Å². The van der Waals surface area contributed by atoms with Gasteiger partial charge in [0, 0.05) is 53.6 Å². The van der Waals surface area contributed by atoms with Crippen LogP contribution in [0.2, 0.25) is 15.1 Å². The zero-order valence-electron chi connectivity index (χ0n) is 17.3. The van der Waals surface area contributed by atoms with E-state index in [9.17, 15) is 4.79 Å². The SMILES string of the molecule is O=C1N=C(N2CCN(c3cccc(Cl)c3)CC2)S/C1=C\c1ccc(-c2cc(Cl)ccc2Cl)o1. The van der Waals surface area contributed by atoms with Crippen molar-refractivity contribution in [3.8, 4) is 11.3 Å². The smallest absolute Gasteiger partial charge is 0.286 e. The molecule has 2 aromatic carbocycles. The van der Waals surface area contributed by atoms with Crippen molar-refractivity contribution in [3.63, 3.8) is 0 Å². The fraction of sp³-hybridized carbons (Fsp3) is 0.167. The summed E-state index contributed by atoms with van der Waals surface area (Å²) in [6.45, 7) is 3.21. The number of piperazine rings is 1. The van der Waals surface area contributed by atoms with Gasteiger partial charge in [-0.15, -0.1) is 0 Å². The second kappa shape index (κ2) is 9.47. The van der Waals surface area contributed by atoms with Crippen LogP contribution in [-0.4, -0.2) is 42.2 Å². The van der Waals surface area contributed by atoms with Crippen LogP contribution in [0, 0.1) is 0 Å². The van der Waals surface area contributed by atoms with E-state index in [0.29, 0.717) is 32.0 Å². The molecular weight excluding hydrogens is 501 g/mol. The Hall–Kier alpha value is -2.38. The lowest BCUT2D eigenvalue weighted by molar-refractivity contribution is -0.113. The number of amides is 1. The summed E-state index contributed by atoms with van der Waals surface area (Å²) < 4.78 is 5.90. The third kappa shape index (κ3) is 4.94. The topological polar surface area (TPSA) is 49.1 Å². The second-order valence-corrected chi connectivity index (χ2v) is 9.88. The van der Waals surface area contributed by atoms with Gasteiger partial charge in [-0.25, -0.2) is 0 Å². The zero-order valence-corrected chi connectivity index (χ0v) is 20.4. The second-order valence-electron chi connectivity index (χ2n) is 7.59. The van der Waals surface area contributed by atoms with Crippen LogP contribution in [0.3, 0.4) is 0 Å². The van der Waals surface area contributed by atoms with Gasteiger partial charge in [-0.1, -0.05) is 40.9 Å². The lowest BCUT2D eigenvalue weighted by Gasteiger charge is -2.36. The summed E-state index contributed by atoms with van der Waals surface area (Å²) in [5.74, 6) is 0.883. The number of aliphatic imine (C=N–C) groups is 1. The van der Waals surface area contributed by atoms with Crippen LogP contribution in [0.25, 0.3) is 17.4 Å². The van der Waals surface area contributed by atoms with Gasteiger partial charge in [0.05, 0.1) is 9.93 Å². The summed E-state index contributed by atoms with van der Waals surface area (Å²) >= 11 is 19.8. The van der Waals surface area contributed by atoms with E-state index in [0.717, 1.165) is 42.1 Å². The molecule has 2 aliphatic rings. The molecule has 2 aliphatic heterocycles. The molecule has 5 nitrogen and oxygen atoms in total. The highest BCUT2D eigenvalue weighted by Gasteiger charge is 2.29. The third-order valence-electron chi connectivity index (χ3n) is 5.43. The molecule has 0 N–H and O–H groups in total. The van der Waals surface area contributed by atoms with E-state index in [4.69, 9.17) is 39.2 Å². The monoisotopic (exact) mass is 517 g/mol. The fourth-order valence-electron chi connectivity index (χ4n) is 3.75. The standard InChI is InChI=1S/C24H18Cl3N3O2S/c25-15-2-1-3-17(12-15)29-8-10-30(11-9-29)24-28-23(31)22(33-24)14-18-5-7-21(32-18)19-13-16(26)4-6-20(19)27/h1-7,12-14H,8-11H2/b22-14-. The van der Waals surface area contributed by atoms with E-state index in [-0.39, 0.29) is 5.91 Å². The van der Waals surface area contributed by atoms with Crippen molar-refractivity contribution < 1.29 is 9.21 Å². The van der Waals surface area contributed by atoms with Crippen LogP contribution in [0.5, 0.6) is 0 Å². The van der Waals surface area contributed by atoms with Gasteiger partial charge < -0.3 is 14.2 Å². The molecule has 1 saturated heterocycles. The maximum absolute atomic E-state index is 12.5. The van der Waals surface area contributed by atoms with E-state index in [2.05, 4.69) is 20.9 Å². The molecule has 1 aromatic heterocycles. The van der Waals surface area contributed by atoms with Crippen molar-refractivity contribution in [2.24, 2.45) is 4.99 Å². The number of carbonyl (C=O) groups excluding carboxylic acids is 1. The van der Waals surface area contributed by atoms with Gasteiger partial charge in [0.1, 0.15) is 11.5 Å². The predicted molar refractivity (Wildman–Crippen MR) is 137 cm³/mol. The van der Waals surface area contributed by atoms with Crippen molar-refractivity contribution in [2.75, 3.05) is 31.1 Å². The Kier molecular flexibility index (Phi) is 6.43. The summed E-state index contributed by atoms with van der Waals surface area (Å²) in [7, 11) is 0. The van der Waals surface area contributed by atoms with Gasteiger partial charge in [-0.05, 0) is 60.3 Å². The Balaban J connectivity index is 1.25. The summed E-state index contributed by atoms with van der Waals surface area (Å²) in [5, 5.41) is 2.56. The van der Waals surface area contributed by atoms with Crippen molar-refractivity contribution in [3.05, 3.63) is 80.3 Å². The molecule has 0 unspecified atom stereocenters. The largest absolute Gasteiger partial charge is 0.457 e. The molecule has 0 saturated carbocycles. The van der Waals surface area contributed by atoms with Gasteiger partial charge >= 0.3 is 0 Å². The Bertz CT molecular complexity index is 1280. The number of amidine groups is 1. The maximum atomic E-state index is 12.5. The van der Waals surface area contributed by atoms with Crippen molar-refractivity contribution in [1.29, 1.82) is 0 Å². The number of furan rings is 1. The summed E-state index contributed by atoms with van der Waals surface area (Å²) in [6.07, 6.45) is 1.72. The highest BCUT2D eigenvalue weighted by molar-refractivity contribution is 8.18. The Morgan fingerprint density at radius 2 is 1.67 bits per heavy atom. The third-order valence-corrected chi connectivity index (χ3v) is 7.27. The Morgan fingerprint density at radius 3 is 2.45 bits per heavy atom. The lowest BCUT2D eigenvalue weighted by atomic mass is 10.2. The number of anilines is 1. The minimum Gasteiger partial charge on any atom is -0.457 e. The minimum atomic E-state index is -0.258. The molecule has 33 heavy (non-hydrogen) atoms. The predicted octanol–water partition coefficient (Wildman–Crippen LogP) is 6.70. The highest BCUT2D eigenvalue weighted by atomic mass is 35.5.